The van der Waals surface area contributed by atoms with Gasteiger partial charge in [0.2, 0.25) is 0 Å². The summed E-state index contributed by atoms with van der Waals surface area (Å²) in [5, 5.41) is 1.72. The summed E-state index contributed by atoms with van der Waals surface area (Å²) >= 11 is 24.1. The molecule has 0 saturated carbocycles. The summed E-state index contributed by atoms with van der Waals surface area (Å²) in [7, 11) is 0. The second kappa shape index (κ2) is 6.19. The van der Waals surface area contributed by atoms with E-state index >= 15 is 0 Å². The van der Waals surface area contributed by atoms with Crippen LogP contribution in [-0.2, 0) is 0 Å². The number of nitrogens with zero attached hydrogens (tertiary/aromatic N) is 1. The number of amides is 1. The Bertz CT molecular complexity index is 1070. The molecule has 3 nitrogen and oxygen atoms in total. The lowest BCUT2D eigenvalue weighted by atomic mass is 10.0. The van der Waals surface area contributed by atoms with Crippen molar-refractivity contribution in [2.45, 2.75) is 0 Å². The van der Waals surface area contributed by atoms with Gasteiger partial charge in [0.1, 0.15) is 0 Å². The number of hydrogen-bond donors (Lipinski definition) is 1. The maximum atomic E-state index is 12.5. The van der Waals surface area contributed by atoms with Crippen molar-refractivity contribution in [2.24, 2.45) is 4.99 Å². The average Bonchev–Trinajstić information content (AvgIpc) is 3.15. The van der Waals surface area contributed by atoms with Gasteiger partial charge in [0.25, 0.3) is 5.91 Å². The van der Waals surface area contributed by atoms with Crippen LogP contribution in [0.3, 0.4) is 0 Å². The van der Waals surface area contributed by atoms with E-state index in [1.54, 1.807) is 42.6 Å². The summed E-state index contributed by atoms with van der Waals surface area (Å²) in [6.45, 7) is 0. The van der Waals surface area contributed by atoms with Crippen molar-refractivity contribution in [1.82, 2.24) is 4.98 Å². The molecule has 0 aliphatic carbocycles. The molecule has 1 N–H and O–H groups in total. The highest BCUT2D eigenvalue weighted by Gasteiger charge is 2.29. The number of carbonyl (C=O) groups is 1. The third-order valence-corrected chi connectivity index (χ3v) is 5.44. The highest BCUT2D eigenvalue weighted by atomic mass is 35.5. The molecular weight excluding hydrogens is 402 g/mol. The standard InChI is InChI=1S/C18H8Cl4N2O/c19-11-3-1-8(5-13(11)21)16-10-7-23-17(15(10)18(25)24-16)9-2-4-12(20)14(22)6-9/h1-7,23H. The number of benzene rings is 2. The molecule has 2 aromatic carbocycles. The van der Waals surface area contributed by atoms with Crippen LogP contribution in [0.1, 0.15) is 21.5 Å². The quantitative estimate of drug-likeness (QED) is 0.531. The van der Waals surface area contributed by atoms with Crippen molar-refractivity contribution in [3.63, 3.8) is 0 Å². The zero-order chi connectivity index (χ0) is 17.7. The fourth-order valence-corrected chi connectivity index (χ4v) is 3.39. The van der Waals surface area contributed by atoms with Gasteiger partial charge in [0.05, 0.1) is 37.1 Å². The molecule has 0 bridgehead atoms. The number of hydrogen-bond acceptors (Lipinski definition) is 1. The smallest absolute Gasteiger partial charge is 0.280 e. The molecule has 2 heterocycles. The van der Waals surface area contributed by atoms with Crippen molar-refractivity contribution >= 4 is 58.0 Å². The number of rotatable bonds is 2. The van der Waals surface area contributed by atoms with Crippen molar-refractivity contribution in [3.05, 3.63) is 79.4 Å². The number of fused-ring (bicyclic) bond motifs is 1. The normalized spacial score (nSPS) is 13.1. The minimum Gasteiger partial charge on any atom is -0.360 e. The van der Waals surface area contributed by atoms with E-state index in [9.17, 15) is 4.79 Å². The molecule has 4 rings (SSSR count). The van der Waals surface area contributed by atoms with Gasteiger partial charge in [-0.05, 0) is 24.3 Å². The maximum Gasteiger partial charge on any atom is 0.280 e. The molecular formula is C18H8Cl4N2O. The van der Waals surface area contributed by atoms with E-state index in [1.807, 2.05) is 0 Å². The maximum absolute atomic E-state index is 12.5. The van der Waals surface area contributed by atoms with Gasteiger partial charge in [-0.3, -0.25) is 4.79 Å². The highest BCUT2D eigenvalue weighted by Crippen LogP contribution is 2.35. The summed E-state index contributed by atoms with van der Waals surface area (Å²) in [6, 6.07) is 10.3. The first-order valence-electron chi connectivity index (χ1n) is 7.21. The highest BCUT2D eigenvalue weighted by molar-refractivity contribution is 6.43. The van der Waals surface area contributed by atoms with E-state index in [1.165, 1.54) is 0 Å². The second-order valence-corrected chi connectivity index (χ2v) is 7.10. The number of nitrogens with one attached hydrogen (secondary N) is 1. The van der Waals surface area contributed by atoms with Crippen LogP contribution in [0, 0.1) is 0 Å². The summed E-state index contributed by atoms with van der Waals surface area (Å²) in [5.41, 5.74) is 3.90. The summed E-state index contributed by atoms with van der Waals surface area (Å²) < 4.78 is 0. The third-order valence-electron chi connectivity index (χ3n) is 3.96. The monoisotopic (exact) mass is 408 g/mol. The summed E-state index contributed by atoms with van der Waals surface area (Å²) in [4.78, 5) is 19.8. The number of aliphatic imine (C=N–C) groups is 1. The van der Waals surface area contributed by atoms with Crippen LogP contribution < -0.4 is 0 Å². The Morgan fingerprint density at radius 2 is 1.40 bits per heavy atom. The van der Waals surface area contributed by atoms with Gasteiger partial charge in [-0.2, -0.15) is 0 Å². The van der Waals surface area contributed by atoms with Crippen LogP contribution in [0.25, 0.3) is 11.3 Å². The molecule has 0 spiro atoms. The van der Waals surface area contributed by atoms with Crippen LogP contribution in [0.15, 0.2) is 47.6 Å². The van der Waals surface area contributed by atoms with Gasteiger partial charge in [-0.1, -0.05) is 58.5 Å². The molecule has 1 aliphatic rings. The number of aromatic amines is 1. The molecule has 1 aromatic heterocycles. The molecule has 0 saturated heterocycles. The topological polar surface area (TPSA) is 45.2 Å². The first-order chi connectivity index (χ1) is 12.0. The van der Waals surface area contributed by atoms with Gasteiger partial charge < -0.3 is 4.98 Å². The van der Waals surface area contributed by atoms with E-state index in [0.29, 0.717) is 42.6 Å². The zero-order valence-electron chi connectivity index (χ0n) is 12.4. The molecule has 7 heteroatoms. The zero-order valence-corrected chi connectivity index (χ0v) is 15.4. The Morgan fingerprint density at radius 1 is 0.800 bits per heavy atom. The fraction of sp³-hybridized carbons (Fsp3) is 0. The van der Waals surface area contributed by atoms with Gasteiger partial charge in [-0.15, -0.1) is 0 Å². The van der Waals surface area contributed by atoms with Crippen molar-refractivity contribution in [1.29, 1.82) is 0 Å². The predicted molar refractivity (Wildman–Crippen MR) is 103 cm³/mol. The van der Waals surface area contributed by atoms with Crippen LogP contribution in [0.2, 0.25) is 20.1 Å². The molecule has 0 fully saturated rings. The van der Waals surface area contributed by atoms with Crippen molar-refractivity contribution in [2.75, 3.05) is 0 Å². The summed E-state index contributed by atoms with van der Waals surface area (Å²) in [5.74, 6) is -0.321. The molecule has 0 radical (unpaired) electrons. The first-order valence-corrected chi connectivity index (χ1v) is 8.72. The molecule has 0 unspecified atom stereocenters. The Morgan fingerprint density at radius 3 is 2.04 bits per heavy atom. The SMILES string of the molecule is O=C1N=C(c2ccc(Cl)c(Cl)c2)c2c[nH]c(-c3ccc(Cl)c(Cl)c3)c21. The summed E-state index contributed by atoms with van der Waals surface area (Å²) in [6.07, 6.45) is 1.75. The second-order valence-electron chi connectivity index (χ2n) is 5.48. The number of halogens is 4. The number of carbonyl (C=O) groups excluding carboxylic acids is 1. The Balaban J connectivity index is 1.83. The number of aromatic nitrogens is 1. The van der Waals surface area contributed by atoms with Crippen LogP contribution in [0.5, 0.6) is 0 Å². The van der Waals surface area contributed by atoms with E-state index in [4.69, 9.17) is 46.4 Å². The molecule has 1 aliphatic heterocycles. The average molecular weight is 410 g/mol. The predicted octanol–water partition coefficient (Wildman–Crippen LogP) is 6.29. The lowest BCUT2D eigenvalue weighted by molar-refractivity contribution is 0.101. The van der Waals surface area contributed by atoms with E-state index in [2.05, 4.69) is 9.98 Å². The minimum absolute atomic E-state index is 0.321. The van der Waals surface area contributed by atoms with E-state index in [0.717, 1.165) is 11.1 Å². The van der Waals surface area contributed by atoms with Gasteiger partial charge in [0.15, 0.2) is 0 Å². The Kier molecular flexibility index (Phi) is 4.13. The first kappa shape index (κ1) is 16.7. The van der Waals surface area contributed by atoms with Crippen LogP contribution >= 0.6 is 46.4 Å². The molecule has 1 amide bonds. The van der Waals surface area contributed by atoms with E-state index < -0.39 is 0 Å². The Labute approximate surface area is 163 Å². The van der Waals surface area contributed by atoms with E-state index in [-0.39, 0.29) is 5.91 Å². The molecule has 3 aromatic rings. The molecule has 25 heavy (non-hydrogen) atoms. The minimum atomic E-state index is -0.321. The number of H-pyrrole nitrogens is 1. The van der Waals surface area contributed by atoms with Crippen LogP contribution in [0.4, 0.5) is 0 Å². The fourth-order valence-electron chi connectivity index (χ4n) is 2.79. The van der Waals surface area contributed by atoms with Gasteiger partial charge in [-0.25, -0.2) is 4.99 Å². The van der Waals surface area contributed by atoms with Crippen molar-refractivity contribution < 1.29 is 4.79 Å². The van der Waals surface area contributed by atoms with Gasteiger partial charge in [0, 0.05) is 22.9 Å². The van der Waals surface area contributed by atoms with Crippen LogP contribution in [-0.4, -0.2) is 16.6 Å². The lowest BCUT2D eigenvalue weighted by Gasteiger charge is -2.03. The largest absolute Gasteiger partial charge is 0.360 e. The molecule has 124 valence electrons. The lowest BCUT2D eigenvalue weighted by Crippen LogP contribution is -1.99. The van der Waals surface area contributed by atoms with Gasteiger partial charge >= 0.3 is 0 Å². The van der Waals surface area contributed by atoms with Crippen molar-refractivity contribution in [3.8, 4) is 11.3 Å². The molecule has 0 atom stereocenters. The Hall–Kier alpha value is -1.78. The third kappa shape index (κ3) is 2.77.